The van der Waals surface area contributed by atoms with E-state index in [9.17, 15) is 18.4 Å². The first kappa shape index (κ1) is 14.7. The van der Waals surface area contributed by atoms with E-state index in [0.717, 1.165) is 0 Å². The number of ether oxygens (including phenoxy) is 1. The van der Waals surface area contributed by atoms with E-state index in [4.69, 9.17) is 5.11 Å². The topological polar surface area (TPSA) is 68.5 Å². The van der Waals surface area contributed by atoms with Crippen LogP contribution in [-0.2, 0) is 7.05 Å². The second-order valence-electron chi connectivity index (χ2n) is 4.27. The fourth-order valence-corrected chi connectivity index (χ4v) is 1.88. The van der Waals surface area contributed by atoms with E-state index in [1.807, 2.05) is 0 Å². The van der Waals surface area contributed by atoms with E-state index >= 15 is 0 Å². The van der Waals surface area contributed by atoms with Crippen LogP contribution in [0.4, 0.5) is 8.78 Å². The molecular weight excluding hydrogens is 284 g/mol. The van der Waals surface area contributed by atoms with E-state index in [-0.39, 0.29) is 22.6 Å². The number of rotatable bonds is 5. The van der Waals surface area contributed by atoms with Gasteiger partial charge in [-0.25, -0.2) is 4.79 Å². The molecular formula is C14H11F2NO4. The number of halogens is 2. The smallest absolute Gasteiger partial charge is 0.387 e. The van der Waals surface area contributed by atoms with Gasteiger partial charge in [0.15, 0.2) is 5.78 Å². The monoisotopic (exact) mass is 295 g/mol. The first-order valence-electron chi connectivity index (χ1n) is 5.87. The SMILES string of the molecule is Cn1cc(C(=O)c2cccc(OC(F)F)c2)cc1C(=O)O. The normalized spacial score (nSPS) is 10.7. The summed E-state index contributed by atoms with van der Waals surface area (Å²) < 4.78 is 29.8. The minimum absolute atomic E-state index is 0.0432. The maximum Gasteiger partial charge on any atom is 0.387 e. The average Bonchev–Trinajstić information content (AvgIpc) is 2.79. The van der Waals surface area contributed by atoms with Crippen molar-refractivity contribution in [2.75, 3.05) is 0 Å². The third-order valence-corrected chi connectivity index (χ3v) is 2.81. The Labute approximate surface area is 118 Å². The van der Waals surface area contributed by atoms with Crippen LogP contribution in [0.3, 0.4) is 0 Å². The Balaban J connectivity index is 2.31. The molecule has 2 aromatic rings. The van der Waals surface area contributed by atoms with Gasteiger partial charge in [-0.2, -0.15) is 8.78 Å². The van der Waals surface area contributed by atoms with Crippen LogP contribution in [0, 0.1) is 0 Å². The minimum atomic E-state index is -2.98. The summed E-state index contributed by atoms with van der Waals surface area (Å²) in [5, 5.41) is 8.94. The molecule has 21 heavy (non-hydrogen) atoms. The first-order valence-corrected chi connectivity index (χ1v) is 5.87. The molecule has 0 bridgehead atoms. The number of aryl methyl sites for hydroxylation is 1. The van der Waals surface area contributed by atoms with Gasteiger partial charge in [0.2, 0.25) is 0 Å². The molecule has 1 aromatic carbocycles. The molecule has 0 aliphatic rings. The van der Waals surface area contributed by atoms with Crippen molar-refractivity contribution in [3.63, 3.8) is 0 Å². The number of carboxylic acids is 1. The summed E-state index contributed by atoms with van der Waals surface area (Å²) in [5.74, 6) is -1.77. The van der Waals surface area contributed by atoms with Gasteiger partial charge in [0.1, 0.15) is 11.4 Å². The maximum absolute atomic E-state index is 12.2. The lowest BCUT2D eigenvalue weighted by atomic mass is 10.1. The molecule has 0 atom stereocenters. The predicted octanol–water partition coefficient (Wildman–Crippen LogP) is 2.56. The lowest BCUT2D eigenvalue weighted by molar-refractivity contribution is -0.0498. The summed E-state index contributed by atoms with van der Waals surface area (Å²) in [4.78, 5) is 23.2. The number of aromatic nitrogens is 1. The molecule has 0 aliphatic heterocycles. The second kappa shape index (κ2) is 5.74. The zero-order valence-electron chi connectivity index (χ0n) is 10.9. The molecule has 7 heteroatoms. The van der Waals surface area contributed by atoms with Crippen molar-refractivity contribution in [2.24, 2.45) is 7.05 Å². The summed E-state index contributed by atoms with van der Waals surface area (Å²) in [6.45, 7) is -2.98. The number of carbonyl (C=O) groups is 2. The van der Waals surface area contributed by atoms with Crippen LogP contribution in [0.15, 0.2) is 36.5 Å². The molecule has 0 fully saturated rings. The van der Waals surface area contributed by atoms with Crippen LogP contribution in [0.2, 0.25) is 0 Å². The zero-order valence-corrected chi connectivity index (χ0v) is 10.9. The average molecular weight is 295 g/mol. The quantitative estimate of drug-likeness (QED) is 0.861. The van der Waals surface area contributed by atoms with Gasteiger partial charge in [-0.1, -0.05) is 12.1 Å². The molecule has 110 valence electrons. The van der Waals surface area contributed by atoms with E-state index in [2.05, 4.69) is 4.74 Å². The van der Waals surface area contributed by atoms with E-state index in [1.165, 1.54) is 48.1 Å². The van der Waals surface area contributed by atoms with Gasteiger partial charge in [0.25, 0.3) is 0 Å². The van der Waals surface area contributed by atoms with Crippen molar-refractivity contribution in [1.29, 1.82) is 0 Å². The van der Waals surface area contributed by atoms with Gasteiger partial charge < -0.3 is 14.4 Å². The number of benzene rings is 1. The second-order valence-corrected chi connectivity index (χ2v) is 4.27. The van der Waals surface area contributed by atoms with Crippen LogP contribution >= 0.6 is 0 Å². The van der Waals surface area contributed by atoms with Crippen molar-refractivity contribution in [2.45, 2.75) is 6.61 Å². The maximum atomic E-state index is 12.2. The number of carbonyl (C=O) groups excluding carboxylic acids is 1. The van der Waals surface area contributed by atoms with Gasteiger partial charge >= 0.3 is 12.6 Å². The van der Waals surface area contributed by atoms with Gasteiger partial charge in [-0.3, -0.25) is 4.79 Å². The van der Waals surface area contributed by atoms with Crippen molar-refractivity contribution >= 4 is 11.8 Å². The predicted molar refractivity (Wildman–Crippen MR) is 68.9 cm³/mol. The molecule has 0 saturated carbocycles. The van der Waals surface area contributed by atoms with Crippen LogP contribution < -0.4 is 4.74 Å². The Kier molecular flexibility index (Phi) is 4.02. The standard InChI is InChI=1S/C14H11F2NO4/c1-17-7-9(6-11(17)13(19)20)12(18)8-3-2-4-10(5-8)21-14(15)16/h2-7,14H,1H3,(H,19,20). The van der Waals surface area contributed by atoms with E-state index in [0.29, 0.717) is 0 Å². The highest BCUT2D eigenvalue weighted by atomic mass is 19.3. The first-order chi connectivity index (χ1) is 9.88. The van der Waals surface area contributed by atoms with E-state index < -0.39 is 18.4 Å². The van der Waals surface area contributed by atoms with E-state index in [1.54, 1.807) is 0 Å². The molecule has 0 unspecified atom stereocenters. The Morgan fingerprint density at radius 2 is 1.95 bits per heavy atom. The van der Waals surface area contributed by atoms with Crippen LogP contribution in [0.5, 0.6) is 5.75 Å². The lowest BCUT2D eigenvalue weighted by Crippen LogP contribution is -2.04. The van der Waals surface area contributed by atoms with Gasteiger partial charge in [0.05, 0.1) is 0 Å². The fourth-order valence-electron chi connectivity index (χ4n) is 1.88. The van der Waals surface area contributed by atoms with Gasteiger partial charge in [-0.15, -0.1) is 0 Å². The molecule has 1 aromatic heterocycles. The summed E-state index contributed by atoms with van der Waals surface area (Å²) in [6.07, 6.45) is 1.37. The van der Waals surface area contributed by atoms with Gasteiger partial charge in [0, 0.05) is 24.4 Å². The Morgan fingerprint density at radius 3 is 2.52 bits per heavy atom. The van der Waals surface area contributed by atoms with Crippen molar-refractivity contribution in [3.05, 3.63) is 53.3 Å². The minimum Gasteiger partial charge on any atom is -0.477 e. The molecule has 2 rings (SSSR count). The lowest BCUT2D eigenvalue weighted by Gasteiger charge is -2.05. The van der Waals surface area contributed by atoms with Crippen molar-refractivity contribution < 1.29 is 28.2 Å². The Morgan fingerprint density at radius 1 is 1.24 bits per heavy atom. The number of nitrogens with zero attached hydrogens (tertiary/aromatic N) is 1. The molecule has 1 N–H and O–H groups in total. The number of carboxylic acid groups (broad SMARTS) is 1. The number of ketones is 1. The molecule has 0 aliphatic carbocycles. The van der Waals surface area contributed by atoms with Crippen LogP contribution in [-0.4, -0.2) is 28.0 Å². The summed E-state index contributed by atoms with van der Waals surface area (Å²) in [6, 6.07) is 6.56. The third kappa shape index (κ3) is 3.25. The number of hydrogen-bond donors (Lipinski definition) is 1. The molecule has 0 amide bonds. The molecule has 0 saturated heterocycles. The van der Waals surface area contributed by atoms with Crippen LogP contribution in [0.1, 0.15) is 26.4 Å². The molecule has 0 spiro atoms. The number of hydrogen-bond acceptors (Lipinski definition) is 3. The highest BCUT2D eigenvalue weighted by Gasteiger charge is 2.17. The molecule has 0 radical (unpaired) electrons. The van der Waals surface area contributed by atoms with Crippen molar-refractivity contribution in [3.8, 4) is 5.75 Å². The number of alkyl halides is 2. The van der Waals surface area contributed by atoms with Crippen LogP contribution in [0.25, 0.3) is 0 Å². The fraction of sp³-hybridized carbons (Fsp3) is 0.143. The Hall–Kier alpha value is -2.70. The summed E-state index contributed by atoms with van der Waals surface area (Å²) in [5.41, 5.74) is 0.248. The third-order valence-electron chi connectivity index (χ3n) is 2.81. The zero-order chi connectivity index (χ0) is 15.6. The largest absolute Gasteiger partial charge is 0.477 e. The number of aromatic carboxylic acids is 1. The summed E-state index contributed by atoms with van der Waals surface area (Å²) >= 11 is 0. The Bertz CT molecular complexity index is 694. The molecule has 5 nitrogen and oxygen atoms in total. The molecule has 1 heterocycles. The summed E-state index contributed by atoms with van der Waals surface area (Å²) in [7, 11) is 1.50. The highest BCUT2D eigenvalue weighted by Crippen LogP contribution is 2.19. The van der Waals surface area contributed by atoms with Crippen molar-refractivity contribution in [1.82, 2.24) is 4.57 Å². The van der Waals surface area contributed by atoms with Gasteiger partial charge in [-0.05, 0) is 18.2 Å². The highest BCUT2D eigenvalue weighted by molar-refractivity contribution is 6.10.